The van der Waals surface area contributed by atoms with Gasteiger partial charge in [0.2, 0.25) is 17.7 Å². The molecule has 1 N–H and O–H groups in total. The number of piperidine rings is 1. The zero-order chi connectivity index (χ0) is 24.8. The summed E-state index contributed by atoms with van der Waals surface area (Å²) in [6, 6.07) is 17.0. The molecule has 1 aliphatic heterocycles. The lowest BCUT2D eigenvalue weighted by molar-refractivity contribution is -0.127. The molecule has 1 amide bonds. The highest BCUT2D eigenvalue weighted by molar-refractivity contribution is 6.30. The first-order valence-corrected chi connectivity index (χ1v) is 12.1. The minimum absolute atomic E-state index is 0.00906. The number of methoxy groups -OCH3 is 2. The second-order valence-corrected chi connectivity index (χ2v) is 9.22. The highest BCUT2D eigenvalue weighted by Crippen LogP contribution is 2.28. The highest BCUT2D eigenvalue weighted by atomic mass is 35.5. The molecule has 1 fully saturated rings. The first-order valence-electron chi connectivity index (χ1n) is 11.8. The van der Waals surface area contributed by atoms with Crippen molar-refractivity contribution in [2.24, 2.45) is 5.92 Å². The summed E-state index contributed by atoms with van der Waals surface area (Å²) in [7, 11) is 3.09. The number of nitrogens with one attached hydrogen (secondary N) is 1. The topological polar surface area (TPSA) is 76.6 Å². The van der Waals surface area contributed by atoms with E-state index in [0.717, 1.165) is 48.6 Å². The van der Waals surface area contributed by atoms with Crippen molar-refractivity contribution in [3.8, 4) is 11.8 Å². The van der Waals surface area contributed by atoms with Gasteiger partial charge in [-0.2, -0.15) is 9.97 Å². The predicted molar refractivity (Wildman–Crippen MR) is 136 cm³/mol. The Balaban J connectivity index is 1.48. The van der Waals surface area contributed by atoms with Gasteiger partial charge in [0.25, 0.3) is 0 Å². The summed E-state index contributed by atoms with van der Waals surface area (Å²) in [6.45, 7) is 4.59. The van der Waals surface area contributed by atoms with Crippen LogP contribution in [0.15, 0.2) is 54.6 Å². The van der Waals surface area contributed by atoms with Crippen molar-refractivity contribution >= 4 is 17.5 Å². The number of carbonyl (C=O) groups excluding carboxylic acids is 1. The molecule has 1 aliphatic rings. The zero-order valence-corrected chi connectivity index (χ0v) is 21.1. The quantitative estimate of drug-likeness (QED) is 0.494. The fourth-order valence-corrected chi connectivity index (χ4v) is 4.54. The van der Waals surface area contributed by atoms with Crippen molar-refractivity contribution in [1.82, 2.24) is 20.2 Å². The monoisotopic (exact) mass is 494 g/mol. The molecule has 2 heterocycles. The van der Waals surface area contributed by atoms with Crippen LogP contribution in [0, 0.1) is 12.8 Å². The molecule has 184 valence electrons. The number of halogens is 1. The number of aryl methyl sites for hydroxylation is 1. The molecule has 3 aromatic rings. The standard InChI is InChI=1S/C27H31ClN4O3/c1-18-6-4-5-7-22(18)25(26-29-23(34-2)16-24(30-26)35-3)31-27(33)20-12-14-32(15-13-20)17-19-8-10-21(28)11-9-19/h4-11,16,20,25H,12-15,17H2,1-3H3,(H,31,33). The number of rotatable bonds is 8. The van der Waals surface area contributed by atoms with Gasteiger partial charge in [-0.25, -0.2) is 0 Å². The summed E-state index contributed by atoms with van der Waals surface area (Å²) in [4.78, 5) is 24.9. The SMILES string of the molecule is COc1cc(OC)nc(C(NC(=O)C2CCN(Cc3ccc(Cl)cc3)CC2)c2ccccc2C)n1. The van der Waals surface area contributed by atoms with Crippen molar-refractivity contribution in [2.45, 2.75) is 32.4 Å². The number of amides is 1. The summed E-state index contributed by atoms with van der Waals surface area (Å²) >= 11 is 6.00. The molecule has 1 unspecified atom stereocenters. The number of benzene rings is 2. The van der Waals surface area contributed by atoms with Gasteiger partial charge < -0.3 is 14.8 Å². The predicted octanol–water partition coefficient (Wildman–Crippen LogP) is 4.57. The van der Waals surface area contributed by atoms with Gasteiger partial charge in [-0.3, -0.25) is 9.69 Å². The fourth-order valence-electron chi connectivity index (χ4n) is 4.41. The maximum atomic E-state index is 13.4. The Labute approximate surface area is 211 Å². The molecule has 7 nitrogen and oxygen atoms in total. The molecule has 8 heteroatoms. The molecule has 0 aliphatic carbocycles. The van der Waals surface area contributed by atoms with Crippen molar-refractivity contribution in [2.75, 3.05) is 27.3 Å². The number of hydrogen-bond acceptors (Lipinski definition) is 6. The Morgan fingerprint density at radius 3 is 2.29 bits per heavy atom. The van der Waals surface area contributed by atoms with Gasteiger partial charge >= 0.3 is 0 Å². The molecule has 1 aromatic heterocycles. The summed E-state index contributed by atoms with van der Waals surface area (Å²) in [5.41, 5.74) is 3.21. The maximum absolute atomic E-state index is 13.4. The Bertz CT molecular complexity index is 1130. The molecular formula is C27H31ClN4O3. The number of likely N-dealkylation sites (tertiary alicyclic amines) is 1. The van der Waals surface area contributed by atoms with Crippen LogP contribution in [0.4, 0.5) is 0 Å². The van der Waals surface area contributed by atoms with Crippen LogP contribution in [-0.2, 0) is 11.3 Å². The van der Waals surface area contributed by atoms with Crippen molar-refractivity contribution in [3.63, 3.8) is 0 Å². The molecule has 1 atom stereocenters. The molecule has 0 bridgehead atoms. The van der Waals surface area contributed by atoms with Crippen LogP contribution in [0.3, 0.4) is 0 Å². The normalized spacial score (nSPS) is 15.4. The second-order valence-electron chi connectivity index (χ2n) is 8.79. The lowest BCUT2D eigenvalue weighted by atomic mass is 9.94. The molecule has 35 heavy (non-hydrogen) atoms. The first kappa shape index (κ1) is 24.9. The van der Waals surface area contributed by atoms with Gasteiger partial charge in [0.15, 0.2) is 5.82 Å². The third kappa shape index (κ3) is 6.29. The van der Waals surface area contributed by atoms with Crippen LogP contribution in [0.5, 0.6) is 11.8 Å². The molecule has 0 spiro atoms. The van der Waals surface area contributed by atoms with E-state index in [-0.39, 0.29) is 11.8 Å². The Hall–Kier alpha value is -3.16. The van der Waals surface area contributed by atoms with Crippen LogP contribution < -0.4 is 14.8 Å². The molecule has 0 radical (unpaired) electrons. The van der Waals surface area contributed by atoms with Crippen LogP contribution in [-0.4, -0.2) is 48.1 Å². The fraction of sp³-hybridized carbons (Fsp3) is 0.370. The molecule has 2 aromatic carbocycles. The Morgan fingerprint density at radius 1 is 1.06 bits per heavy atom. The molecule has 1 saturated heterocycles. The van der Waals surface area contributed by atoms with Crippen molar-refractivity contribution in [1.29, 1.82) is 0 Å². The van der Waals surface area contributed by atoms with Gasteiger partial charge in [0.05, 0.1) is 20.3 Å². The first-order chi connectivity index (χ1) is 17.0. The van der Waals surface area contributed by atoms with Crippen molar-refractivity contribution in [3.05, 3.63) is 82.1 Å². The highest BCUT2D eigenvalue weighted by Gasteiger charge is 2.29. The van der Waals surface area contributed by atoms with Gasteiger partial charge in [-0.05, 0) is 61.7 Å². The van der Waals surface area contributed by atoms with E-state index < -0.39 is 6.04 Å². The number of nitrogens with zero attached hydrogens (tertiary/aromatic N) is 3. The number of ether oxygens (including phenoxy) is 2. The van der Waals surface area contributed by atoms with E-state index in [1.54, 1.807) is 20.3 Å². The van der Waals surface area contributed by atoms with Crippen LogP contribution in [0.1, 0.15) is 41.4 Å². The van der Waals surface area contributed by atoms with E-state index >= 15 is 0 Å². The minimum atomic E-state index is -0.514. The summed E-state index contributed by atoms with van der Waals surface area (Å²) in [5, 5.41) is 3.97. The smallest absolute Gasteiger partial charge is 0.224 e. The number of hydrogen-bond donors (Lipinski definition) is 1. The number of carbonyl (C=O) groups is 1. The third-order valence-electron chi connectivity index (χ3n) is 6.44. The lowest BCUT2D eigenvalue weighted by Gasteiger charge is -2.32. The van der Waals surface area contributed by atoms with Gasteiger partial charge in [0, 0.05) is 17.5 Å². The molecule has 4 rings (SSSR count). The average Bonchev–Trinajstić information content (AvgIpc) is 2.89. The lowest BCUT2D eigenvalue weighted by Crippen LogP contribution is -2.42. The Morgan fingerprint density at radius 2 is 1.69 bits per heavy atom. The largest absolute Gasteiger partial charge is 0.481 e. The van der Waals surface area contributed by atoms with E-state index in [0.29, 0.717) is 17.6 Å². The summed E-state index contributed by atoms with van der Waals surface area (Å²) in [5.74, 6) is 1.14. The van der Waals surface area contributed by atoms with Crippen LogP contribution in [0.2, 0.25) is 5.02 Å². The van der Waals surface area contributed by atoms with Crippen molar-refractivity contribution < 1.29 is 14.3 Å². The average molecular weight is 495 g/mol. The molecule has 0 saturated carbocycles. The van der Waals surface area contributed by atoms with E-state index in [4.69, 9.17) is 21.1 Å². The van der Waals surface area contributed by atoms with E-state index in [2.05, 4.69) is 32.3 Å². The maximum Gasteiger partial charge on any atom is 0.224 e. The summed E-state index contributed by atoms with van der Waals surface area (Å²) < 4.78 is 10.7. The van der Waals surface area contributed by atoms with Crippen LogP contribution in [0.25, 0.3) is 0 Å². The van der Waals surface area contributed by atoms with E-state index in [1.807, 2.05) is 43.3 Å². The molecular weight excluding hydrogens is 464 g/mol. The zero-order valence-electron chi connectivity index (χ0n) is 20.3. The van der Waals surface area contributed by atoms with Gasteiger partial charge in [-0.15, -0.1) is 0 Å². The second kappa shape index (κ2) is 11.5. The van der Waals surface area contributed by atoms with Gasteiger partial charge in [-0.1, -0.05) is 48.0 Å². The third-order valence-corrected chi connectivity index (χ3v) is 6.69. The van der Waals surface area contributed by atoms with Crippen LogP contribution >= 0.6 is 11.6 Å². The van der Waals surface area contributed by atoms with E-state index in [1.165, 1.54) is 5.56 Å². The van der Waals surface area contributed by atoms with Gasteiger partial charge in [0.1, 0.15) is 6.04 Å². The number of aromatic nitrogens is 2. The minimum Gasteiger partial charge on any atom is -0.481 e. The Kier molecular flexibility index (Phi) is 8.21. The summed E-state index contributed by atoms with van der Waals surface area (Å²) in [6.07, 6.45) is 1.59. The van der Waals surface area contributed by atoms with E-state index in [9.17, 15) is 4.79 Å².